The predicted octanol–water partition coefficient (Wildman–Crippen LogP) is 2.81. The van der Waals surface area contributed by atoms with Crippen LogP contribution in [0, 0.1) is 0 Å². The topological polar surface area (TPSA) is 60.9 Å². The lowest BCUT2D eigenvalue weighted by atomic mass is 10.1. The van der Waals surface area contributed by atoms with Crippen molar-refractivity contribution in [1.29, 1.82) is 0 Å². The first-order chi connectivity index (χ1) is 10.3. The Balaban J connectivity index is 2.04. The van der Waals surface area contributed by atoms with Gasteiger partial charge in [-0.05, 0) is 17.7 Å². The van der Waals surface area contributed by atoms with E-state index in [9.17, 15) is 4.79 Å². The summed E-state index contributed by atoms with van der Waals surface area (Å²) < 4.78 is 1.71. The third-order valence-electron chi connectivity index (χ3n) is 3.35. The SMILES string of the molecule is NCc1ccc(-n2cc(C=O)c(-c3ccccc3)n2)cc1. The number of carbonyl (C=O) groups excluding carboxylic acids is 1. The van der Waals surface area contributed by atoms with E-state index in [-0.39, 0.29) is 0 Å². The highest BCUT2D eigenvalue weighted by atomic mass is 16.1. The maximum atomic E-state index is 11.3. The zero-order valence-corrected chi connectivity index (χ0v) is 11.4. The van der Waals surface area contributed by atoms with Crippen LogP contribution in [0.3, 0.4) is 0 Å². The monoisotopic (exact) mass is 277 g/mol. The standard InChI is InChI=1S/C17H15N3O/c18-10-13-6-8-16(9-7-13)20-11-15(12-21)17(19-20)14-4-2-1-3-5-14/h1-9,11-12H,10,18H2. The van der Waals surface area contributed by atoms with Gasteiger partial charge in [-0.1, -0.05) is 42.5 Å². The second kappa shape index (κ2) is 5.73. The van der Waals surface area contributed by atoms with Crippen molar-refractivity contribution in [3.8, 4) is 16.9 Å². The second-order valence-corrected chi connectivity index (χ2v) is 4.73. The molecule has 0 bridgehead atoms. The van der Waals surface area contributed by atoms with Crippen molar-refractivity contribution >= 4 is 6.29 Å². The molecule has 2 aromatic carbocycles. The maximum absolute atomic E-state index is 11.3. The van der Waals surface area contributed by atoms with E-state index in [2.05, 4.69) is 5.10 Å². The van der Waals surface area contributed by atoms with Crippen LogP contribution in [0.25, 0.3) is 16.9 Å². The first-order valence-electron chi connectivity index (χ1n) is 6.71. The third-order valence-corrected chi connectivity index (χ3v) is 3.35. The van der Waals surface area contributed by atoms with E-state index in [1.807, 2.05) is 54.6 Å². The highest BCUT2D eigenvalue weighted by Crippen LogP contribution is 2.22. The van der Waals surface area contributed by atoms with E-state index in [1.54, 1.807) is 10.9 Å². The average Bonchev–Trinajstić information content (AvgIpc) is 3.00. The molecular weight excluding hydrogens is 262 g/mol. The molecule has 0 aliphatic rings. The number of hydrogen-bond acceptors (Lipinski definition) is 3. The van der Waals surface area contributed by atoms with Gasteiger partial charge in [-0.3, -0.25) is 4.79 Å². The van der Waals surface area contributed by atoms with Crippen LogP contribution in [0.4, 0.5) is 0 Å². The number of carbonyl (C=O) groups is 1. The minimum Gasteiger partial charge on any atom is -0.326 e. The average molecular weight is 277 g/mol. The van der Waals surface area contributed by atoms with Crippen LogP contribution >= 0.6 is 0 Å². The van der Waals surface area contributed by atoms with Crippen molar-refractivity contribution in [3.63, 3.8) is 0 Å². The summed E-state index contributed by atoms with van der Waals surface area (Å²) in [5.41, 5.74) is 9.75. The van der Waals surface area contributed by atoms with Crippen molar-refractivity contribution in [2.45, 2.75) is 6.54 Å². The summed E-state index contributed by atoms with van der Waals surface area (Å²) in [6, 6.07) is 17.5. The number of aldehydes is 1. The highest BCUT2D eigenvalue weighted by Gasteiger charge is 2.11. The Hall–Kier alpha value is -2.72. The summed E-state index contributed by atoms with van der Waals surface area (Å²) in [6.07, 6.45) is 2.58. The minimum atomic E-state index is 0.508. The molecule has 3 aromatic rings. The molecule has 0 aliphatic carbocycles. The number of nitrogens with zero attached hydrogens (tertiary/aromatic N) is 2. The molecule has 4 heteroatoms. The van der Waals surface area contributed by atoms with Crippen molar-refractivity contribution in [2.75, 3.05) is 0 Å². The molecule has 0 fully saturated rings. The van der Waals surface area contributed by atoms with E-state index >= 15 is 0 Å². The lowest BCUT2D eigenvalue weighted by Gasteiger charge is -2.02. The summed E-state index contributed by atoms with van der Waals surface area (Å²) in [5.74, 6) is 0. The van der Waals surface area contributed by atoms with Crippen LogP contribution in [-0.2, 0) is 6.54 Å². The van der Waals surface area contributed by atoms with Gasteiger partial charge in [-0.25, -0.2) is 4.68 Å². The lowest BCUT2D eigenvalue weighted by molar-refractivity contribution is 0.112. The number of benzene rings is 2. The zero-order chi connectivity index (χ0) is 14.7. The van der Waals surface area contributed by atoms with Crippen LogP contribution in [0.5, 0.6) is 0 Å². The van der Waals surface area contributed by atoms with Gasteiger partial charge in [0.2, 0.25) is 0 Å². The smallest absolute Gasteiger partial charge is 0.153 e. The van der Waals surface area contributed by atoms with Gasteiger partial charge in [0.15, 0.2) is 6.29 Å². The Morgan fingerprint density at radius 3 is 2.38 bits per heavy atom. The van der Waals surface area contributed by atoms with Crippen LogP contribution in [0.2, 0.25) is 0 Å². The molecule has 0 atom stereocenters. The summed E-state index contributed by atoms with van der Waals surface area (Å²) in [5, 5.41) is 4.53. The van der Waals surface area contributed by atoms with Crippen LogP contribution in [0.15, 0.2) is 60.8 Å². The Morgan fingerprint density at radius 1 is 1.05 bits per heavy atom. The fraction of sp³-hybridized carbons (Fsp3) is 0.0588. The van der Waals surface area contributed by atoms with E-state index in [1.165, 1.54) is 0 Å². The number of rotatable bonds is 4. The first-order valence-corrected chi connectivity index (χ1v) is 6.71. The van der Waals surface area contributed by atoms with Crippen molar-refractivity contribution in [1.82, 2.24) is 9.78 Å². The molecule has 0 saturated heterocycles. The molecule has 0 radical (unpaired) electrons. The molecule has 0 saturated carbocycles. The van der Waals surface area contributed by atoms with Gasteiger partial charge in [-0.2, -0.15) is 5.10 Å². The first kappa shape index (κ1) is 13.3. The van der Waals surface area contributed by atoms with E-state index in [0.717, 1.165) is 23.1 Å². The Bertz CT molecular complexity index is 745. The van der Waals surface area contributed by atoms with E-state index in [4.69, 9.17) is 5.73 Å². The number of hydrogen-bond donors (Lipinski definition) is 1. The van der Waals surface area contributed by atoms with Crippen molar-refractivity contribution < 1.29 is 4.79 Å². The van der Waals surface area contributed by atoms with Gasteiger partial charge in [0, 0.05) is 18.3 Å². The molecule has 3 rings (SSSR count). The Labute approximate surface area is 122 Å². The molecule has 0 aliphatic heterocycles. The zero-order valence-electron chi connectivity index (χ0n) is 11.4. The molecule has 0 unspecified atom stereocenters. The summed E-state index contributed by atoms with van der Waals surface area (Å²) >= 11 is 0. The number of nitrogens with two attached hydrogens (primary N) is 1. The van der Waals surface area contributed by atoms with Gasteiger partial charge >= 0.3 is 0 Å². The van der Waals surface area contributed by atoms with Gasteiger partial charge < -0.3 is 5.73 Å². The molecular formula is C17H15N3O. The molecule has 0 amide bonds. The van der Waals surface area contributed by atoms with Crippen LogP contribution in [-0.4, -0.2) is 16.1 Å². The normalized spacial score (nSPS) is 10.5. The molecule has 21 heavy (non-hydrogen) atoms. The maximum Gasteiger partial charge on any atom is 0.153 e. The Morgan fingerprint density at radius 2 is 1.76 bits per heavy atom. The molecule has 0 spiro atoms. The van der Waals surface area contributed by atoms with Gasteiger partial charge in [0.25, 0.3) is 0 Å². The second-order valence-electron chi connectivity index (χ2n) is 4.73. The fourth-order valence-electron chi connectivity index (χ4n) is 2.21. The molecule has 1 heterocycles. The lowest BCUT2D eigenvalue weighted by Crippen LogP contribution is -1.98. The summed E-state index contributed by atoms with van der Waals surface area (Å²) in [4.78, 5) is 11.3. The van der Waals surface area contributed by atoms with Gasteiger partial charge in [-0.15, -0.1) is 0 Å². The van der Waals surface area contributed by atoms with E-state index < -0.39 is 0 Å². The summed E-state index contributed by atoms with van der Waals surface area (Å²) in [6.45, 7) is 0.508. The third kappa shape index (κ3) is 2.61. The Kier molecular flexibility index (Phi) is 3.62. The molecule has 2 N–H and O–H groups in total. The van der Waals surface area contributed by atoms with Crippen LogP contribution in [0.1, 0.15) is 15.9 Å². The molecule has 4 nitrogen and oxygen atoms in total. The molecule has 104 valence electrons. The van der Waals surface area contributed by atoms with Gasteiger partial charge in [0.1, 0.15) is 5.69 Å². The fourth-order valence-corrected chi connectivity index (χ4v) is 2.21. The van der Waals surface area contributed by atoms with E-state index in [0.29, 0.717) is 17.8 Å². The quantitative estimate of drug-likeness (QED) is 0.746. The predicted molar refractivity (Wildman–Crippen MR) is 82.3 cm³/mol. The minimum absolute atomic E-state index is 0.508. The largest absolute Gasteiger partial charge is 0.326 e. The van der Waals surface area contributed by atoms with Crippen molar-refractivity contribution in [3.05, 3.63) is 71.9 Å². The highest BCUT2D eigenvalue weighted by molar-refractivity contribution is 5.85. The summed E-state index contributed by atoms with van der Waals surface area (Å²) in [7, 11) is 0. The molecule has 1 aromatic heterocycles. The number of aromatic nitrogens is 2. The van der Waals surface area contributed by atoms with Crippen molar-refractivity contribution in [2.24, 2.45) is 5.73 Å². The van der Waals surface area contributed by atoms with Gasteiger partial charge in [0.05, 0.1) is 11.3 Å². The van der Waals surface area contributed by atoms with Crippen LogP contribution < -0.4 is 5.73 Å².